The molecule has 0 spiro atoms. The highest BCUT2D eigenvalue weighted by Crippen LogP contribution is 2.37. The van der Waals surface area contributed by atoms with Crippen LogP contribution in [-0.2, 0) is 0 Å². The van der Waals surface area contributed by atoms with E-state index >= 15 is 0 Å². The van der Waals surface area contributed by atoms with Gasteiger partial charge in [-0.05, 0) is 49.9 Å². The number of hydrogen-bond acceptors (Lipinski definition) is 2. The van der Waals surface area contributed by atoms with Gasteiger partial charge in [0, 0.05) is 0 Å². The molecule has 0 aromatic carbocycles. The zero-order valence-electron chi connectivity index (χ0n) is 8.83. The maximum Gasteiger partial charge on any atom is 0.0937 e. The molecule has 78 valence electrons. The van der Waals surface area contributed by atoms with Gasteiger partial charge in [0.25, 0.3) is 0 Å². The Labute approximate surface area is 85.7 Å². The normalized spacial score (nSPS) is 27.8. The molecule has 2 nitrogen and oxygen atoms in total. The molecule has 1 N–H and O–H groups in total. The minimum Gasteiger partial charge on any atom is -0.472 e. The van der Waals surface area contributed by atoms with Crippen LogP contribution in [0.5, 0.6) is 0 Å². The Morgan fingerprint density at radius 3 is 3.00 bits per heavy atom. The van der Waals surface area contributed by atoms with E-state index in [0.29, 0.717) is 0 Å². The molecule has 1 aromatic rings. The van der Waals surface area contributed by atoms with Crippen molar-refractivity contribution < 1.29 is 4.42 Å². The molecule has 0 saturated heterocycles. The highest BCUT2D eigenvalue weighted by Gasteiger charge is 2.26. The summed E-state index contributed by atoms with van der Waals surface area (Å²) in [4.78, 5) is 0. The van der Waals surface area contributed by atoms with E-state index in [4.69, 9.17) is 4.42 Å². The summed E-state index contributed by atoms with van der Waals surface area (Å²) in [6.07, 6.45) is 9.15. The molecule has 1 heterocycles. The topological polar surface area (TPSA) is 25.2 Å². The van der Waals surface area contributed by atoms with Gasteiger partial charge in [0.1, 0.15) is 0 Å². The van der Waals surface area contributed by atoms with Gasteiger partial charge in [-0.15, -0.1) is 0 Å². The first kappa shape index (κ1) is 9.78. The molecule has 0 bridgehead atoms. The molecule has 14 heavy (non-hydrogen) atoms. The number of furan rings is 1. The molecule has 1 fully saturated rings. The van der Waals surface area contributed by atoms with Gasteiger partial charge in [0.05, 0.1) is 12.5 Å². The quantitative estimate of drug-likeness (QED) is 0.798. The van der Waals surface area contributed by atoms with Gasteiger partial charge in [-0.2, -0.15) is 0 Å². The van der Waals surface area contributed by atoms with Gasteiger partial charge in [0.15, 0.2) is 0 Å². The number of nitrogens with one attached hydrogen (secondary N) is 1. The van der Waals surface area contributed by atoms with Crippen molar-refractivity contribution in [3.63, 3.8) is 0 Å². The smallest absolute Gasteiger partial charge is 0.0937 e. The minimum absolute atomic E-state index is 0.718. The third kappa shape index (κ3) is 2.01. The number of rotatable bonds is 3. The van der Waals surface area contributed by atoms with Crippen LogP contribution in [0.25, 0.3) is 0 Å². The first-order valence-electron chi connectivity index (χ1n) is 5.58. The Morgan fingerprint density at radius 2 is 2.29 bits per heavy atom. The fourth-order valence-corrected chi connectivity index (χ4v) is 2.64. The predicted molar refractivity (Wildman–Crippen MR) is 57.3 cm³/mol. The van der Waals surface area contributed by atoms with E-state index in [1.165, 1.54) is 31.2 Å². The molecule has 1 aromatic heterocycles. The van der Waals surface area contributed by atoms with Gasteiger partial charge in [-0.1, -0.05) is 12.8 Å². The molecular weight excluding hydrogens is 174 g/mol. The van der Waals surface area contributed by atoms with Crippen LogP contribution in [0.2, 0.25) is 0 Å². The Kier molecular flexibility index (Phi) is 3.25. The van der Waals surface area contributed by atoms with Crippen LogP contribution in [0, 0.1) is 5.92 Å². The summed E-state index contributed by atoms with van der Waals surface area (Å²) in [5, 5.41) is 3.30. The molecule has 1 saturated carbocycles. The largest absolute Gasteiger partial charge is 0.472 e. The maximum absolute atomic E-state index is 5.17. The van der Waals surface area contributed by atoms with Crippen LogP contribution in [0.15, 0.2) is 23.0 Å². The van der Waals surface area contributed by atoms with Crippen molar-refractivity contribution in [1.29, 1.82) is 0 Å². The van der Waals surface area contributed by atoms with E-state index in [-0.39, 0.29) is 0 Å². The van der Waals surface area contributed by atoms with Crippen LogP contribution in [0.1, 0.15) is 37.2 Å². The average Bonchev–Trinajstić information content (AvgIpc) is 2.72. The summed E-state index contributed by atoms with van der Waals surface area (Å²) in [7, 11) is 2.04. The Bertz CT molecular complexity index is 253. The van der Waals surface area contributed by atoms with Gasteiger partial charge in [0.2, 0.25) is 0 Å². The van der Waals surface area contributed by atoms with Gasteiger partial charge < -0.3 is 9.73 Å². The fourth-order valence-electron chi connectivity index (χ4n) is 2.64. The molecule has 1 aliphatic rings. The van der Waals surface area contributed by atoms with E-state index < -0.39 is 0 Å². The second-order valence-corrected chi connectivity index (χ2v) is 4.27. The molecule has 2 atom stereocenters. The van der Waals surface area contributed by atoms with Crippen LogP contribution in [-0.4, -0.2) is 13.6 Å². The molecule has 2 unspecified atom stereocenters. The minimum atomic E-state index is 0.718. The van der Waals surface area contributed by atoms with Gasteiger partial charge >= 0.3 is 0 Å². The van der Waals surface area contributed by atoms with Crippen molar-refractivity contribution in [1.82, 2.24) is 5.32 Å². The van der Waals surface area contributed by atoms with Crippen molar-refractivity contribution in [2.75, 3.05) is 13.6 Å². The molecule has 1 aliphatic carbocycles. The summed E-state index contributed by atoms with van der Waals surface area (Å²) in [5.41, 5.74) is 1.39. The Hall–Kier alpha value is -0.760. The Balaban J connectivity index is 2.06. The van der Waals surface area contributed by atoms with Crippen molar-refractivity contribution >= 4 is 0 Å². The summed E-state index contributed by atoms with van der Waals surface area (Å²) in [6.45, 7) is 1.13. The van der Waals surface area contributed by atoms with Crippen molar-refractivity contribution in [2.45, 2.75) is 31.6 Å². The zero-order chi connectivity index (χ0) is 9.80. The van der Waals surface area contributed by atoms with Gasteiger partial charge in [-0.3, -0.25) is 0 Å². The molecule has 0 aliphatic heterocycles. The van der Waals surface area contributed by atoms with E-state index in [9.17, 15) is 0 Å². The van der Waals surface area contributed by atoms with Crippen molar-refractivity contribution in [3.05, 3.63) is 24.2 Å². The number of hydrogen-bond donors (Lipinski definition) is 1. The van der Waals surface area contributed by atoms with Crippen LogP contribution in [0.3, 0.4) is 0 Å². The standard InChI is InChI=1S/C12H19NO/c1-13-8-10-4-2-3-5-12(10)11-6-7-14-9-11/h6-7,9-10,12-13H,2-5,8H2,1H3. The third-order valence-corrected chi connectivity index (χ3v) is 3.35. The highest BCUT2D eigenvalue weighted by atomic mass is 16.3. The molecular formula is C12H19NO. The monoisotopic (exact) mass is 193 g/mol. The lowest BCUT2D eigenvalue weighted by Crippen LogP contribution is -2.27. The van der Waals surface area contributed by atoms with Gasteiger partial charge in [-0.25, -0.2) is 0 Å². The summed E-state index contributed by atoms with van der Waals surface area (Å²) >= 11 is 0. The van der Waals surface area contributed by atoms with Crippen LogP contribution in [0.4, 0.5) is 0 Å². The van der Waals surface area contributed by atoms with Crippen LogP contribution >= 0.6 is 0 Å². The third-order valence-electron chi connectivity index (χ3n) is 3.35. The second-order valence-electron chi connectivity index (χ2n) is 4.27. The summed E-state index contributed by atoms with van der Waals surface area (Å²) in [5.74, 6) is 1.52. The molecule has 0 radical (unpaired) electrons. The van der Waals surface area contributed by atoms with Crippen molar-refractivity contribution in [2.24, 2.45) is 5.92 Å². The Morgan fingerprint density at radius 1 is 1.43 bits per heavy atom. The fraction of sp³-hybridized carbons (Fsp3) is 0.667. The SMILES string of the molecule is CNCC1CCCCC1c1ccoc1. The molecule has 2 heteroatoms. The summed E-state index contributed by atoms with van der Waals surface area (Å²) < 4.78 is 5.17. The predicted octanol–water partition coefficient (Wildman–Crippen LogP) is 2.77. The summed E-state index contributed by atoms with van der Waals surface area (Å²) in [6, 6.07) is 2.12. The molecule has 0 amide bonds. The van der Waals surface area contributed by atoms with E-state index in [0.717, 1.165) is 18.4 Å². The first-order valence-corrected chi connectivity index (χ1v) is 5.58. The molecule has 2 rings (SSSR count). The highest BCUT2D eigenvalue weighted by molar-refractivity contribution is 5.14. The van der Waals surface area contributed by atoms with E-state index in [1.807, 2.05) is 13.3 Å². The lowest BCUT2D eigenvalue weighted by molar-refractivity contribution is 0.300. The lowest BCUT2D eigenvalue weighted by Gasteiger charge is -2.30. The van der Waals surface area contributed by atoms with Crippen molar-refractivity contribution in [3.8, 4) is 0 Å². The van der Waals surface area contributed by atoms with Crippen LogP contribution < -0.4 is 5.32 Å². The van der Waals surface area contributed by atoms with E-state index in [2.05, 4.69) is 11.4 Å². The second kappa shape index (κ2) is 4.65. The lowest BCUT2D eigenvalue weighted by atomic mass is 9.76. The zero-order valence-corrected chi connectivity index (χ0v) is 8.83. The maximum atomic E-state index is 5.17. The van der Waals surface area contributed by atoms with E-state index in [1.54, 1.807) is 6.26 Å². The first-order chi connectivity index (χ1) is 6.92. The average molecular weight is 193 g/mol.